The Balaban J connectivity index is 1.47. The number of anilines is 1. The largest absolute Gasteiger partial charge is 0.379 e. The number of halogens is 2. The van der Waals surface area contributed by atoms with Crippen LogP contribution in [0.4, 0.5) is 5.13 Å². The molecule has 1 aliphatic heterocycles. The highest BCUT2D eigenvalue weighted by Crippen LogP contribution is 2.22. The Labute approximate surface area is 160 Å². The summed E-state index contributed by atoms with van der Waals surface area (Å²) in [6.07, 6.45) is 0.910. The molecule has 5 nitrogen and oxygen atoms in total. The molecule has 0 aliphatic carbocycles. The fraction of sp³-hybridized carbons (Fsp3) is 0.412. The minimum absolute atomic E-state index is 0.0710. The number of hydrogen-bond donors (Lipinski definition) is 1. The number of ether oxygens (including phenoxy) is 1. The van der Waals surface area contributed by atoms with E-state index in [2.05, 4.69) is 15.2 Å². The van der Waals surface area contributed by atoms with Crippen LogP contribution in [-0.2, 0) is 22.5 Å². The van der Waals surface area contributed by atoms with E-state index in [9.17, 15) is 4.79 Å². The van der Waals surface area contributed by atoms with Gasteiger partial charge in [-0.25, -0.2) is 4.98 Å². The molecule has 0 radical (unpaired) electrons. The monoisotopic (exact) mass is 399 g/mol. The summed E-state index contributed by atoms with van der Waals surface area (Å²) in [6, 6.07) is 5.32. The second-order valence-corrected chi connectivity index (χ2v) is 7.52. The fourth-order valence-electron chi connectivity index (χ4n) is 2.58. The van der Waals surface area contributed by atoms with Crippen molar-refractivity contribution < 1.29 is 9.53 Å². The third kappa shape index (κ3) is 5.66. The number of carbonyl (C=O) groups excluding carboxylic acids is 1. The summed E-state index contributed by atoms with van der Waals surface area (Å²) >= 11 is 13.5. The number of nitrogens with zero attached hydrogens (tertiary/aromatic N) is 2. The molecular formula is C17H19Cl2N3O2S. The predicted molar refractivity (Wildman–Crippen MR) is 102 cm³/mol. The van der Waals surface area contributed by atoms with Crippen molar-refractivity contribution in [3.63, 3.8) is 0 Å². The lowest BCUT2D eigenvalue weighted by atomic mass is 10.1. The van der Waals surface area contributed by atoms with Gasteiger partial charge in [0.1, 0.15) is 0 Å². The highest BCUT2D eigenvalue weighted by atomic mass is 35.5. The second kappa shape index (κ2) is 8.96. The highest BCUT2D eigenvalue weighted by Gasteiger charge is 2.13. The van der Waals surface area contributed by atoms with Crippen LogP contribution in [0.3, 0.4) is 0 Å². The minimum atomic E-state index is -0.0710. The normalized spacial score (nSPS) is 15.3. The summed E-state index contributed by atoms with van der Waals surface area (Å²) < 4.78 is 5.34. The summed E-state index contributed by atoms with van der Waals surface area (Å²) in [5, 5.41) is 6.66. The number of aryl methyl sites for hydroxylation is 1. The molecule has 2 heterocycles. The first-order valence-corrected chi connectivity index (χ1v) is 9.72. The Morgan fingerprint density at radius 1 is 1.32 bits per heavy atom. The molecule has 25 heavy (non-hydrogen) atoms. The molecule has 1 aliphatic rings. The number of rotatable bonds is 6. The maximum absolute atomic E-state index is 12.1. The van der Waals surface area contributed by atoms with Crippen molar-refractivity contribution in [3.05, 3.63) is 44.9 Å². The van der Waals surface area contributed by atoms with E-state index in [1.165, 1.54) is 11.3 Å². The number of amides is 1. The van der Waals surface area contributed by atoms with E-state index >= 15 is 0 Å². The number of hydrogen-bond acceptors (Lipinski definition) is 5. The zero-order valence-corrected chi connectivity index (χ0v) is 16.0. The molecule has 8 heteroatoms. The Hall–Kier alpha value is -1.18. The van der Waals surface area contributed by atoms with E-state index in [-0.39, 0.29) is 5.91 Å². The van der Waals surface area contributed by atoms with Gasteiger partial charge < -0.3 is 10.1 Å². The Morgan fingerprint density at radius 3 is 2.88 bits per heavy atom. The maximum Gasteiger partial charge on any atom is 0.226 e. The molecule has 0 unspecified atom stereocenters. The van der Waals surface area contributed by atoms with Crippen molar-refractivity contribution in [2.45, 2.75) is 19.4 Å². The van der Waals surface area contributed by atoms with Crippen molar-refractivity contribution in [1.29, 1.82) is 0 Å². The van der Waals surface area contributed by atoms with Crippen LogP contribution in [0.2, 0.25) is 10.0 Å². The first-order valence-electron chi connectivity index (χ1n) is 8.08. The van der Waals surface area contributed by atoms with Gasteiger partial charge in [0.05, 0.1) is 18.9 Å². The van der Waals surface area contributed by atoms with Crippen LogP contribution in [0.5, 0.6) is 0 Å². The van der Waals surface area contributed by atoms with E-state index in [4.69, 9.17) is 27.9 Å². The first-order chi connectivity index (χ1) is 12.1. The number of morpholine rings is 1. The molecule has 0 spiro atoms. The zero-order valence-electron chi connectivity index (χ0n) is 13.6. The summed E-state index contributed by atoms with van der Waals surface area (Å²) in [4.78, 5) is 18.9. The SMILES string of the molecule is O=C(CCc1ccc(Cl)cc1Cl)Nc1nc(CN2CCOCC2)cs1. The summed E-state index contributed by atoms with van der Waals surface area (Å²) in [7, 11) is 0. The van der Waals surface area contributed by atoms with E-state index in [1.54, 1.807) is 12.1 Å². The molecule has 0 bridgehead atoms. The van der Waals surface area contributed by atoms with Crippen LogP contribution in [0.15, 0.2) is 23.6 Å². The van der Waals surface area contributed by atoms with Crippen LogP contribution >= 0.6 is 34.5 Å². The molecule has 1 N–H and O–H groups in total. The number of nitrogens with one attached hydrogen (secondary N) is 1. The van der Waals surface area contributed by atoms with Crippen molar-refractivity contribution in [1.82, 2.24) is 9.88 Å². The quantitative estimate of drug-likeness (QED) is 0.800. The zero-order chi connectivity index (χ0) is 17.6. The number of carbonyl (C=O) groups is 1. The van der Waals surface area contributed by atoms with Gasteiger partial charge in [0.15, 0.2) is 5.13 Å². The lowest BCUT2D eigenvalue weighted by Gasteiger charge is -2.25. The van der Waals surface area contributed by atoms with Gasteiger partial charge in [0.2, 0.25) is 5.91 Å². The number of benzene rings is 1. The Bertz CT molecular complexity index is 732. The lowest BCUT2D eigenvalue weighted by molar-refractivity contribution is -0.116. The maximum atomic E-state index is 12.1. The molecule has 1 amide bonds. The average molecular weight is 400 g/mol. The first kappa shape index (κ1) is 18.6. The minimum Gasteiger partial charge on any atom is -0.379 e. The van der Waals surface area contributed by atoms with Crippen LogP contribution in [0, 0.1) is 0 Å². The van der Waals surface area contributed by atoms with Crippen LogP contribution < -0.4 is 5.32 Å². The average Bonchev–Trinajstić information content (AvgIpc) is 3.02. The van der Waals surface area contributed by atoms with E-state index in [0.717, 1.165) is 44.1 Å². The van der Waals surface area contributed by atoms with E-state index in [1.807, 2.05) is 11.4 Å². The number of thiazole rings is 1. The van der Waals surface area contributed by atoms with Gasteiger partial charge in [-0.1, -0.05) is 29.3 Å². The standard InChI is InChI=1S/C17H19Cl2N3O2S/c18-13-3-1-12(15(19)9-13)2-4-16(23)21-17-20-14(11-25-17)10-22-5-7-24-8-6-22/h1,3,9,11H,2,4-8,10H2,(H,20,21,23). The van der Waals surface area contributed by atoms with E-state index < -0.39 is 0 Å². The molecular weight excluding hydrogens is 381 g/mol. The molecule has 134 valence electrons. The van der Waals surface area contributed by atoms with Crippen molar-refractivity contribution >= 4 is 45.6 Å². The molecule has 1 fully saturated rings. The Morgan fingerprint density at radius 2 is 2.12 bits per heavy atom. The third-order valence-electron chi connectivity index (χ3n) is 3.92. The van der Waals surface area contributed by atoms with Gasteiger partial charge >= 0.3 is 0 Å². The molecule has 1 saturated heterocycles. The van der Waals surface area contributed by atoms with Gasteiger partial charge in [-0.3, -0.25) is 9.69 Å². The second-order valence-electron chi connectivity index (χ2n) is 5.82. The van der Waals surface area contributed by atoms with Crippen molar-refractivity contribution in [2.24, 2.45) is 0 Å². The van der Waals surface area contributed by atoms with Gasteiger partial charge in [-0.2, -0.15) is 0 Å². The number of aromatic nitrogens is 1. The van der Waals surface area contributed by atoms with Crippen LogP contribution in [0.1, 0.15) is 17.7 Å². The molecule has 1 aromatic heterocycles. The van der Waals surface area contributed by atoms with Crippen LogP contribution in [-0.4, -0.2) is 42.1 Å². The summed E-state index contributed by atoms with van der Waals surface area (Å²) in [5.74, 6) is -0.0710. The van der Waals surface area contributed by atoms with E-state index in [0.29, 0.717) is 28.0 Å². The fourth-order valence-corrected chi connectivity index (χ4v) is 3.80. The Kier molecular flexibility index (Phi) is 6.67. The predicted octanol–water partition coefficient (Wildman–Crippen LogP) is 3.85. The van der Waals surface area contributed by atoms with Crippen molar-refractivity contribution in [3.8, 4) is 0 Å². The highest BCUT2D eigenvalue weighted by molar-refractivity contribution is 7.13. The summed E-state index contributed by atoms with van der Waals surface area (Å²) in [6.45, 7) is 4.15. The smallest absolute Gasteiger partial charge is 0.226 e. The van der Waals surface area contributed by atoms with Crippen molar-refractivity contribution in [2.75, 3.05) is 31.6 Å². The third-order valence-corrected chi connectivity index (χ3v) is 5.32. The summed E-state index contributed by atoms with van der Waals surface area (Å²) in [5.41, 5.74) is 1.89. The topological polar surface area (TPSA) is 54.5 Å². The van der Waals surface area contributed by atoms with Gasteiger partial charge in [-0.05, 0) is 24.1 Å². The van der Waals surface area contributed by atoms with Gasteiger partial charge in [0.25, 0.3) is 0 Å². The lowest BCUT2D eigenvalue weighted by Crippen LogP contribution is -2.35. The molecule has 2 aromatic rings. The molecule has 0 atom stereocenters. The van der Waals surface area contributed by atoms with Gasteiger partial charge in [0, 0.05) is 41.5 Å². The molecule has 0 saturated carbocycles. The molecule has 3 rings (SSSR count). The molecule has 1 aromatic carbocycles. The van der Waals surface area contributed by atoms with Crippen LogP contribution in [0.25, 0.3) is 0 Å². The van der Waals surface area contributed by atoms with Gasteiger partial charge in [-0.15, -0.1) is 11.3 Å².